The van der Waals surface area contributed by atoms with Gasteiger partial charge in [-0.25, -0.2) is 0 Å². The van der Waals surface area contributed by atoms with Gasteiger partial charge in [-0.05, 0) is 31.7 Å². The molecule has 1 aromatic heterocycles. The Morgan fingerprint density at radius 2 is 2.22 bits per heavy atom. The Balaban J connectivity index is 1.84. The normalized spacial score (nSPS) is 21.6. The van der Waals surface area contributed by atoms with Gasteiger partial charge in [-0.2, -0.15) is 0 Å². The number of hydrogen-bond acceptors (Lipinski definition) is 2. The van der Waals surface area contributed by atoms with Crippen molar-refractivity contribution in [2.45, 2.75) is 19.6 Å². The highest BCUT2D eigenvalue weighted by atomic mass is 16.5. The molecule has 1 aromatic carbocycles. The standard InChI is InChI=1S/C15H20N2O/c1-12-4-3-5-15-14(12)6-7-17(15)11-13-10-16(2)8-9-18-13/h3-7,13H,8-11H2,1-2H3. The van der Waals surface area contributed by atoms with Crippen LogP contribution in [0.25, 0.3) is 10.9 Å². The number of ether oxygens (including phenoxy) is 1. The van der Waals surface area contributed by atoms with Crippen LogP contribution < -0.4 is 0 Å². The van der Waals surface area contributed by atoms with E-state index in [0.717, 1.165) is 26.2 Å². The number of benzene rings is 1. The number of likely N-dealkylation sites (N-methyl/N-ethyl adjacent to an activating group) is 1. The first-order valence-electron chi connectivity index (χ1n) is 6.58. The molecule has 1 atom stereocenters. The van der Waals surface area contributed by atoms with E-state index < -0.39 is 0 Å². The maximum absolute atomic E-state index is 5.84. The zero-order valence-electron chi connectivity index (χ0n) is 11.1. The summed E-state index contributed by atoms with van der Waals surface area (Å²) in [5.41, 5.74) is 2.65. The number of fused-ring (bicyclic) bond motifs is 1. The summed E-state index contributed by atoms with van der Waals surface area (Å²) in [6, 6.07) is 8.69. The summed E-state index contributed by atoms with van der Waals surface area (Å²) in [4.78, 5) is 2.34. The number of nitrogens with zero attached hydrogens (tertiary/aromatic N) is 2. The summed E-state index contributed by atoms with van der Waals surface area (Å²) in [6.07, 6.45) is 2.48. The molecule has 18 heavy (non-hydrogen) atoms. The van der Waals surface area contributed by atoms with E-state index in [4.69, 9.17) is 4.74 Å². The Kier molecular flexibility index (Phi) is 3.10. The van der Waals surface area contributed by atoms with Gasteiger partial charge in [0.25, 0.3) is 0 Å². The molecule has 2 aromatic rings. The second-order valence-corrected chi connectivity index (χ2v) is 5.23. The SMILES string of the molecule is Cc1cccc2c1ccn2CC1CN(C)CCO1. The quantitative estimate of drug-likeness (QED) is 0.806. The van der Waals surface area contributed by atoms with Gasteiger partial charge in [0, 0.05) is 30.2 Å². The van der Waals surface area contributed by atoms with Crippen molar-refractivity contribution in [2.24, 2.45) is 0 Å². The molecule has 96 valence electrons. The predicted octanol–water partition coefficient (Wildman–Crippen LogP) is 2.28. The monoisotopic (exact) mass is 244 g/mol. The molecule has 0 bridgehead atoms. The highest BCUT2D eigenvalue weighted by Crippen LogP contribution is 2.20. The molecule has 3 rings (SSSR count). The molecule has 2 heterocycles. The lowest BCUT2D eigenvalue weighted by molar-refractivity contribution is -0.0269. The zero-order chi connectivity index (χ0) is 12.5. The van der Waals surface area contributed by atoms with E-state index in [1.165, 1.54) is 16.5 Å². The first-order valence-corrected chi connectivity index (χ1v) is 6.58. The lowest BCUT2D eigenvalue weighted by Crippen LogP contribution is -2.41. The van der Waals surface area contributed by atoms with Crippen LogP contribution in [0.3, 0.4) is 0 Å². The van der Waals surface area contributed by atoms with E-state index in [1.807, 2.05) is 0 Å². The number of morpholine rings is 1. The Bertz CT molecular complexity index is 546. The van der Waals surface area contributed by atoms with Gasteiger partial charge < -0.3 is 14.2 Å². The van der Waals surface area contributed by atoms with Gasteiger partial charge >= 0.3 is 0 Å². The predicted molar refractivity (Wildman–Crippen MR) is 73.9 cm³/mol. The summed E-state index contributed by atoms with van der Waals surface area (Å²) < 4.78 is 8.15. The van der Waals surface area contributed by atoms with Crippen LogP contribution in [0.15, 0.2) is 30.5 Å². The lowest BCUT2D eigenvalue weighted by atomic mass is 10.1. The fourth-order valence-electron chi connectivity index (χ4n) is 2.73. The molecule has 0 N–H and O–H groups in total. The molecule has 0 saturated carbocycles. The second-order valence-electron chi connectivity index (χ2n) is 5.23. The number of aromatic nitrogens is 1. The maximum Gasteiger partial charge on any atom is 0.0881 e. The molecule has 1 aliphatic rings. The van der Waals surface area contributed by atoms with Gasteiger partial charge in [-0.3, -0.25) is 0 Å². The minimum atomic E-state index is 0.305. The molecule has 1 aliphatic heterocycles. The average Bonchev–Trinajstić information content (AvgIpc) is 2.74. The maximum atomic E-state index is 5.84. The van der Waals surface area contributed by atoms with Gasteiger partial charge in [0.05, 0.1) is 19.3 Å². The van der Waals surface area contributed by atoms with Crippen molar-refractivity contribution >= 4 is 10.9 Å². The molecule has 0 spiro atoms. The lowest BCUT2D eigenvalue weighted by Gasteiger charge is -2.30. The van der Waals surface area contributed by atoms with Gasteiger partial charge in [0.2, 0.25) is 0 Å². The summed E-state index contributed by atoms with van der Waals surface area (Å²) in [6.45, 7) is 6.02. The minimum Gasteiger partial charge on any atom is -0.374 e. The Morgan fingerprint density at radius 3 is 3.06 bits per heavy atom. The van der Waals surface area contributed by atoms with Crippen molar-refractivity contribution in [1.82, 2.24) is 9.47 Å². The average molecular weight is 244 g/mol. The third-order valence-corrected chi connectivity index (χ3v) is 3.77. The van der Waals surface area contributed by atoms with Gasteiger partial charge in [-0.15, -0.1) is 0 Å². The number of rotatable bonds is 2. The smallest absolute Gasteiger partial charge is 0.0881 e. The molecule has 1 saturated heterocycles. The largest absolute Gasteiger partial charge is 0.374 e. The fraction of sp³-hybridized carbons (Fsp3) is 0.467. The molecule has 1 unspecified atom stereocenters. The van der Waals surface area contributed by atoms with E-state index in [2.05, 4.69) is 53.9 Å². The molecule has 3 heteroatoms. The van der Waals surface area contributed by atoms with E-state index >= 15 is 0 Å². The van der Waals surface area contributed by atoms with E-state index in [0.29, 0.717) is 6.10 Å². The van der Waals surface area contributed by atoms with Crippen LogP contribution in [0, 0.1) is 6.92 Å². The van der Waals surface area contributed by atoms with Crippen molar-refractivity contribution < 1.29 is 4.74 Å². The highest BCUT2D eigenvalue weighted by molar-refractivity contribution is 5.83. The third-order valence-electron chi connectivity index (χ3n) is 3.77. The van der Waals surface area contributed by atoms with Crippen LogP contribution in [0.4, 0.5) is 0 Å². The first kappa shape index (κ1) is 11.8. The van der Waals surface area contributed by atoms with Crippen molar-refractivity contribution in [3.63, 3.8) is 0 Å². The van der Waals surface area contributed by atoms with Gasteiger partial charge in [0.15, 0.2) is 0 Å². The minimum absolute atomic E-state index is 0.305. The van der Waals surface area contributed by atoms with Crippen LogP contribution in [0.1, 0.15) is 5.56 Å². The van der Waals surface area contributed by atoms with Crippen molar-refractivity contribution in [2.75, 3.05) is 26.7 Å². The summed E-state index contributed by atoms with van der Waals surface area (Å²) in [7, 11) is 2.16. The summed E-state index contributed by atoms with van der Waals surface area (Å²) >= 11 is 0. The second kappa shape index (κ2) is 4.75. The molecule has 0 amide bonds. The first-order chi connectivity index (χ1) is 8.74. The van der Waals surface area contributed by atoms with E-state index in [1.54, 1.807) is 0 Å². The van der Waals surface area contributed by atoms with E-state index in [9.17, 15) is 0 Å². The van der Waals surface area contributed by atoms with Crippen LogP contribution in [-0.2, 0) is 11.3 Å². The highest BCUT2D eigenvalue weighted by Gasteiger charge is 2.18. The molecular weight excluding hydrogens is 224 g/mol. The Labute approximate surface area is 108 Å². The Hall–Kier alpha value is -1.32. The number of hydrogen-bond donors (Lipinski definition) is 0. The molecule has 0 radical (unpaired) electrons. The van der Waals surface area contributed by atoms with Gasteiger partial charge in [0.1, 0.15) is 0 Å². The van der Waals surface area contributed by atoms with Crippen molar-refractivity contribution in [3.05, 3.63) is 36.0 Å². The van der Waals surface area contributed by atoms with Crippen molar-refractivity contribution in [1.29, 1.82) is 0 Å². The van der Waals surface area contributed by atoms with Gasteiger partial charge in [-0.1, -0.05) is 12.1 Å². The molecule has 1 fully saturated rings. The summed E-state index contributed by atoms with van der Waals surface area (Å²) in [5, 5.41) is 1.35. The van der Waals surface area contributed by atoms with Crippen LogP contribution in [0.5, 0.6) is 0 Å². The topological polar surface area (TPSA) is 17.4 Å². The Morgan fingerprint density at radius 1 is 1.33 bits per heavy atom. The van der Waals surface area contributed by atoms with E-state index in [-0.39, 0.29) is 0 Å². The fourth-order valence-corrected chi connectivity index (χ4v) is 2.73. The van der Waals surface area contributed by atoms with Crippen LogP contribution >= 0.6 is 0 Å². The zero-order valence-corrected chi connectivity index (χ0v) is 11.1. The molecule has 3 nitrogen and oxygen atoms in total. The summed E-state index contributed by atoms with van der Waals surface area (Å²) in [5.74, 6) is 0. The van der Waals surface area contributed by atoms with Crippen LogP contribution in [0.2, 0.25) is 0 Å². The third kappa shape index (κ3) is 2.16. The number of aryl methyl sites for hydroxylation is 1. The van der Waals surface area contributed by atoms with Crippen LogP contribution in [-0.4, -0.2) is 42.3 Å². The van der Waals surface area contributed by atoms with Crippen molar-refractivity contribution in [3.8, 4) is 0 Å². The molecular formula is C15H20N2O. The molecule has 0 aliphatic carbocycles.